The van der Waals surface area contributed by atoms with Gasteiger partial charge in [0.15, 0.2) is 0 Å². The Labute approximate surface area is 73.0 Å². The van der Waals surface area contributed by atoms with Gasteiger partial charge >= 0.3 is 0 Å². The molecule has 0 fully saturated rings. The van der Waals surface area contributed by atoms with Crippen LogP contribution in [0, 0.1) is 0 Å². The fourth-order valence-electron chi connectivity index (χ4n) is 1.16. The molecule has 0 radical (unpaired) electrons. The van der Waals surface area contributed by atoms with E-state index < -0.39 is 0 Å². The summed E-state index contributed by atoms with van der Waals surface area (Å²) in [4.78, 5) is 0. The van der Waals surface area contributed by atoms with Gasteiger partial charge < -0.3 is 10.8 Å². The predicted octanol–water partition coefficient (Wildman–Crippen LogP) is 2.10. The van der Waals surface area contributed by atoms with E-state index in [1.165, 1.54) is 0 Å². The molecule has 3 N–H and O–H groups in total. The van der Waals surface area contributed by atoms with E-state index in [9.17, 15) is 5.11 Å². The van der Waals surface area contributed by atoms with Crippen LogP contribution in [0.2, 0.25) is 0 Å². The minimum atomic E-state index is -0.337. The lowest BCUT2D eigenvalue weighted by molar-refractivity contribution is 0.166. The van der Waals surface area contributed by atoms with Crippen LogP contribution in [0.1, 0.15) is 31.4 Å². The molecule has 1 unspecified atom stereocenters. The Morgan fingerprint density at radius 1 is 1.33 bits per heavy atom. The van der Waals surface area contributed by atoms with Crippen LogP contribution in [0.3, 0.4) is 0 Å². The van der Waals surface area contributed by atoms with E-state index in [4.69, 9.17) is 5.73 Å². The molecule has 0 aliphatic carbocycles. The van der Waals surface area contributed by atoms with Crippen molar-refractivity contribution in [2.45, 2.75) is 25.9 Å². The van der Waals surface area contributed by atoms with Crippen molar-refractivity contribution in [2.75, 3.05) is 5.73 Å². The van der Waals surface area contributed by atoms with Gasteiger partial charge in [0.25, 0.3) is 0 Å². The van der Waals surface area contributed by atoms with Gasteiger partial charge in [-0.1, -0.05) is 25.5 Å². The number of nitrogen functional groups attached to an aromatic ring is 1. The first-order chi connectivity index (χ1) is 5.74. The summed E-state index contributed by atoms with van der Waals surface area (Å²) in [5, 5.41) is 9.57. The van der Waals surface area contributed by atoms with Crippen molar-refractivity contribution in [1.82, 2.24) is 0 Å². The maximum atomic E-state index is 9.57. The van der Waals surface area contributed by atoms with Crippen molar-refractivity contribution in [3.63, 3.8) is 0 Å². The third-order valence-electron chi connectivity index (χ3n) is 1.88. The summed E-state index contributed by atoms with van der Waals surface area (Å²) in [5.41, 5.74) is 7.21. The first kappa shape index (κ1) is 9.07. The Morgan fingerprint density at radius 2 is 1.92 bits per heavy atom. The summed E-state index contributed by atoms with van der Waals surface area (Å²) in [6.45, 7) is 2.06. The third kappa shape index (κ3) is 2.24. The lowest BCUT2D eigenvalue weighted by atomic mass is 10.1. The molecule has 1 atom stereocenters. The molecule has 1 aromatic rings. The Bertz CT molecular complexity index is 230. The molecule has 2 heteroatoms. The summed E-state index contributed by atoms with van der Waals surface area (Å²) in [7, 11) is 0. The van der Waals surface area contributed by atoms with Crippen molar-refractivity contribution >= 4 is 5.69 Å². The summed E-state index contributed by atoms with van der Waals surface area (Å²) in [6, 6.07) is 7.37. The smallest absolute Gasteiger partial charge is 0.0790 e. The average molecular weight is 165 g/mol. The van der Waals surface area contributed by atoms with Crippen LogP contribution in [0.4, 0.5) is 5.69 Å². The van der Waals surface area contributed by atoms with Crippen LogP contribution in [0.5, 0.6) is 0 Å². The number of nitrogens with two attached hydrogens (primary N) is 1. The molecule has 0 bridgehead atoms. The average Bonchev–Trinajstić information content (AvgIpc) is 2.06. The number of aliphatic hydroxyl groups is 1. The number of rotatable bonds is 3. The minimum absolute atomic E-state index is 0.337. The van der Waals surface area contributed by atoms with Gasteiger partial charge in [-0.2, -0.15) is 0 Å². The molecule has 1 aromatic carbocycles. The first-order valence-corrected chi connectivity index (χ1v) is 4.27. The van der Waals surface area contributed by atoms with Crippen molar-refractivity contribution in [3.05, 3.63) is 29.8 Å². The van der Waals surface area contributed by atoms with Gasteiger partial charge in [-0.3, -0.25) is 0 Å². The van der Waals surface area contributed by atoms with Crippen molar-refractivity contribution in [1.29, 1.82) is 0 Å². The van der Waals surface area contributed by atoms with Crippen LogP contribution in [0.25, 0.3) is 0 Å². The molecule has 66 valence electrons. The van der Waals surface area contributed by atoms with E-state index in [0.29, 0.717) is 0 Å². The van der Waals surface area contributed by atoms with E-state index in [1.54, 1.807) is 0 Å². The summed E-state index contributed by atoms with van der Waals surface area (Å²) >= 11 is 0. The molecule has 0 amide bonds. The molecule has 0 saturated heterocycles. The van der Waals surface area contributed by atoms with Crippen LogP contribution in [-0.4, -0.2) is 5.11 Å². The topological polar surface area (TPSA) is 46.2 Å². The Morgan fingerprint density at radius 3 is 2.42 bits per heavy atom. The predicted molar refractivity (Wildman–Crippen MR) is 50.7 cm³/mol. The SMILES string of the molecule is CCCC(O)c1ccc(N)cc1. The zero-order valence-corrected chi connectivity index (χ0v) is 7.33. The van der Waals surface area contributed by atoms with Crippen molar-refractivity contribution < 1.29 is 5.11 Å². The normalized spacial score (nSPS) is 12.8. The second-order valence-corrected chi connectivity index (χ2v) is 2.97. The zero-order chi connectivity index (χ0) is 8.97. The van der Waals surface area contributed by atoms with Gasteiger partial charge in [-0.25, -0.2) is 0 Å². The highest BCUT2D eigenvalue weighted by molar-refractivity contribution is 5.39. The van der Waals surface area contributed by atoms with Crippen molar-refractivity contribution in [2.24, 2.45) is 0 Å². The molecule has 0 aliphatic heterocycles. The van der Waals surface area contributed by atoms with Gasteiger partial charge in [0.05, 0.1) is 6.10 Å². The van der Waals surface area contributed by atoms with Gasteiger partial charge in [0.2, 0.25) is 0 Å². The fraction of sp³-hybridized carbons (Fsp3) is 0.400. The monoisotopic (exact) mass is 165 g/mol. The van der Waals surface area contributed by atoms with E-state index >= 15 is 0 Å². The number of hydrogen-bond donors (Lipinski definition) is 2. The standard InChI is InChI=1S/C10H15NO/c1-2-3-10(12)8-4-6-9(11)7-5-8/h4-7,10,12H,2-3,11H2,1H3. The molecule has 12 heavy (non-hydrogen) atoms. The van der Waals surface area contributed by atoms with Gasteiger partial charge in [0, 0.05) is 5.69 Å². The fourth-order valence-corrected chi connectivity index (χ4v) is 1.16. The molecule has 0 spiro atoms. The van der Waals surface area contributed by atoms with Crippen LogP contribution in [-0.2, 0) is 0 Å². The molecule has 0 heterocycles. The van der Waals surface area contributed by atoms with Gasteiger partial charge in [-0.05, 0) is 24.1 Å². The van der Waals surface area contributed by atoms with Gasteiger partial charge in [-0.15, -0.1) is 0 Å². The second-order valence-electron chi connectivity index (χ2n) is 2.97. The van der Waals surface area contributed by atoms with E-state index in [2.05, 4.69) is 6.92 Å². The largest absolute Gasteiger partial charge is 0.399 e. The highest BCUT2D eigenvalue weighted by atomic mass is 16.3. The van der Waals surface area contributed by atoms with E-state index in [1.807, 2.05) is 24.3 Å². The Kier molecular flexibility index (Phi) is 3.11. The third-order valence-corrected chi connectivity index (χ3v) is 1.88. The number of benzene rings is 1. The highest BCUT2D eigenvalue weighted by Gasteiger charge is 2.04. The molecular formula is C10H15NO. The molecule has 2 nitrogen and oxygen atoms in total. The van der Waals surface area contributed by atoms with Crippen LogP contribution < -0.4 is 5.73 Å². The molecular weight excluding hydrogens is 150 g/mol. The van der Waals surface area contributed by atoms with E-state index in [0.717, 1.165) is 24.1 Å². The van der Waals surface area contributed by atoms with Crippen molar-refractivity contribution in [3.8, 4) is 0 Å². The molecule has 0 saturated carbocycles. The number of aliphatic hydroxyl groups excluding tert-OH is 1. The summed E-state index contributed by atoms with van der Waals surface area (Å²) < 4.78 is 0. The maximum Gasteiger partial charge on any atom is 0.0790 e. The quantitative estimate of drug-likeness (QED) is 0.674. The van der Waals surface area contributed by atoms with Gasteiger partial charge in [0.1, 0.15) is 0 Å². The Balaban J connectivity index is 2.68. The number of anilines is 1. The van der Waals surface area contributed by atoms with Crippen LogP contribution >= 0.6 is 0 Å². The second kappa shape index (κ2) is 4.12. The molecule has 0 aliphatic rings. The lowest BCUT2D eigenvalue weighted by Gasteiger charge is -2.08. The molecule has 0 aromatic heterocycles. The lowest BCUT2D eigenvalue weighted by Crippen LogP contribution is -1.96. The zero-order valence-electron chi connectivity index (χ0n) is 7.33. The minimum Gasteiger partial charge on any atom is -0.399 e. The number of hydrogen-bond acceptors (Lipinski definition) is 2. The van der Waals surface area contributed by atoms with Crippen LogP contribution in [0.15, 0.2) is 24.3 Å². The first-order valence-electron chi connectivity index (χ1n) is 4.27. The molecule has 1 rings (SSSR count). The Hall–Kier alpha value is -1.02. The summed E-state index contributed by atoms with van der Waals surface area (Å²) in [6.07, 6.45) is 1.46. The highest BCUT2D eigenvalue weighted by Crippen LogP contribution is 2.18. The maximum absolute atomic E-state index is 9.57. The van der Waals surface area contributed by atoms with E-state index in [-0.39, 0.29) is 6.10 Å². The summed E-state index contributed by atoms with van der Waals surface area (Å²) in [5.74, 6) is 0.